The number of likely N-dealkylation sites (tertiary alicyclic amines) is 1. The first-order chi connectivity index (χ1) is 9.18. The number of hydrogen-bond acceptors (Lipinski definition) is 3. The van der Waals surface area contributed by atoms with Crippen LogP contribution in [-0.2, 0) is 16.1 Å². The second kappa shape index (κ2) is 6.22. The highest BCUT2D eigenvalue weighted by atomic mass is 16.5. The van der Waals surface area contributed by atoms with Crippen molar-refractivity contribution in [3.63, 3.8) is 0 Å². The molecule has 0 aromatic heterocycles. The van der Waals surface area contributed by atoms with E-state index in [1.165, 1.54) is 4.90 Å². The number of carbonyl (C=O) groups excluding carboxylic acids is 1. The number of carbonyl (C=O) groups is 2. The summed E-state index contributed by atoms with van der Waals surface area (Å²) in [5, 5.41) is 9.06. The molecule has 0 bridgehead atoms. The van der Waals surface area contributed by atoms with E-state index in [-0.39, 0.29) is 6.61 Å². The van der Waals surface area contributed by atoms with Crippen molar-refractivity contribution in [1.29, 1.82) is 0 Å². The molecule has 19 heavy (non-hydrogen) atoms. The monoisotopic (exact) mass is 263 g/mol. The van der Waals surface area contributed by atoms with E-state index < -0.39 is 18.1 Å². The van der Waals surface area contributed by atoms with Gasteiger partial charge in [-0.25, -0.2) is 9.59 Å². The largest absolute Gasteiger partial charge is 0.465 e. The molecule has 0 radical (unpaired) electrons. The zero-order valence-electron chi connectivity index (χ0n) is 10.6. The van der Waals surface area contributed by atoms with Crippen LogP contribution >= 0.6 is 0 Å². The summed E-state index contributed by atoms with van der Waals surface area (Å²) in [6, 6.07) is 8.70. The Bertz CT molecular complexity index is 446. The van der Waals surface area contributed by atoms with E-state index >= 15 is 0 Å². The number of hydrogen-bond donors (Lipinski definition) is 1. The quantitative estimate of drug-likeness (QED) is 0.849. The normalized spacial score (nSPS) is 18.9. The van der Waals surface area contributed by atoms with Gasteiger partial charge in [-0.05, 0) is 24.8 Å². The summed E-state index contributed by atoms with van der Waals surface area (Å²) >= 11 is 0. The van der Waals surface area contributed by atoms with Crippen molar-refractivity contribution in [3.8, 4) is 0 Å². The summed E-state index contributed by atoms with van der Waals surface area (Å²) in [6.07, 6.45) is 1.14. The first kappa shape index (κ1) is 13.4. The highest BCUT2D eigenvalue weighted by molar-refractivity contribution is 5.81. The van der Waals surface area contributed by atoms with Gasteiger partial charge in [0.25, 0.3) is 0 Å². The van der Waals surface area contributed by atoms with E-state index in [9.17, 15) is 9.59 Å². The Hall–Kier alpha value is -2.04. The minimum atomic E-state index is -1.05. The molecule has 5 heteroatoms. The predicted molar refractivity (Wildman–Crippen MR) is 68.6 cm³/mol. The molecule has 1 aromatic carbocycles. The van der Waals surface area contributed by atoms with Gasteiger partial charge in [0, 0.05) is 6.54 Å². The maximum absolute atomic E-state index is 12.0. The molecular weight excluding hydrogens is 246 g/mol. The first-order valence-corrected chi connectivity index (χ1v) is 6.38. The lowest BCUT2D eigenvalue weighted by Gasteiger charge is -2.31. The zero-order valence-corrected chi connectivity index (χ0v) is 10.6. The van der Waals surface area contributed by atoms with Crippen LogP contribution in [0, 0.1) is 0 Å². The van der Waals surface area contributed by atoms with E-state index in [2.05, 4.69) is 0 Å². The van der Waals surface area contributed by atoms with Gasteiger partial charge >= 0.3 is 12.1 Å². The van der Waals surface area contributed by atoms with Crippen molar-refractivity contribution in [2.75, 3.05) is 6.54 Å². The lowest BCUT2D eigenvalue weighted by molar-refractivity contribution is -0.151. The number of esters is 1. The highest BCUT2D eigenvalue weighted by Crippen LogP contribution is 2.18. The topological polar surface area (TPSA) is 66.8 Å². The van der Waals surface area contributed by atoms with Crippen LogP contribution < -0.4 is 0 Å². The molecule has 102 valence electrons. The van der Waals surface area contributed by atoms with Crippen molar-refractivity contribution >= 4 is 12.1 Å². The second-order valence-corrected chi connectivity index (χ2v) is 4.58. The molecular formula is C14H17NO4. The highest BCUT2D eigenvalue weighted by Gasteiger charge is 2.33. The molecule has 1 aliphatic heterocycles. The summed E-state index contributed by atoms with van der Waals surface area (Å²) in [5.74, 6) is -0.453. The van der Waals surface area contributed by atoms with Gasteiger partial charge < -0.3 is 9.84 Å². The summed E-state index contributed by atoms with van der Waals surface area (Å²) < 4.78 is 5.20. The van der Waals surface area contributed by atoms with E-state index in [0.717, 1.165) is 18.4 Å². The Morgan fingerprint density at radius 2 is 2.00 bits per heavy atom. The van der Waals surface area contributed by atoms with Crippen molar-refractivity contribution in [1.82, 2.24) is 4.90 Å². The smallest absolute Gasteiger partial charge is 0.408 e. The molecule has 0 unspecified atom stereocenters. The van der Waals surface area contributed by atoms with Crippen LogP contribution in [0.2, 0.25) is 0 Å². The van der Waals surface area contributed by atoms with E-state index in [0.29, 0.717) is 13.0 Å². The molecule has 0 aliphatic carbocycles. The maximum atomic E-state index is 12.0. The summed E-state index contributed by atoms with van der Waals surface area (Å²) in [5.41, 5.74) is 0.897. The Morgan fingerprint density at radius 1 is 1.26 bits per heavy atom. The Balaban J connectivity index is 1.93. The predicted octanol–water partition coefficient (Wildman–Crippen LogP) is 2.26. The fourth-order valence-electron chi connectivity index (χ4n) is 2.23. The Labute approximate surface area is 111 Å². The van der Waals surface area contributed by atoms with Crippen LogP contribution in [-0.4, -0.2) is 34.7 Å². The number of rotatable bonds is 3. The molecule has 1 aliphatic rings. The van der Waals surface area contributed by atoms with Crippen LogP contribution in [0.3, 0.4) is 0 Å². The van der Waals surface area contributed by atoms with Crippen LogP contribution in [0.5, 0.6) is 0 Å². The fourth-order valence-corrected chi connectivity index (χ4v) is 2.23. The van der Waals surface area contributed by atoms with Gasteiger partial charge in [-0.15, -0.1) is 0 Å². The fraction of sp³-hybridized carbons (Fsp3) is 0.429. The molecule has 2 rings (SSSR count). The minimum absolute atomic E-state index is 0.184. The van der Waals surface area contributed by atoms with Gasteiger partial charge in [-0.1, -0.05) is 30.3 Å². The number of carboxylic acid groups (broad SMARTS) is 1. The van der Waals surface area contributed by atoms with Gasteiger partial charge in [0.15, 0.2) is 0 Å². The zero-order chi connectivity index (χ0) is 13.7. The molecule has 1 fully saturated rings. The number of nitrogens with zero attached hydrogens (tertiary/aromatic N) is 1. The van der Waals surface area contributed by atoms with Crippen molar-refractivity contribution in [2.45, 2.75) is 31.9 Å². The number of ether oxygens (including phenoxy) is 1. The molecule has 1 N–H and O–H groups in total. The van der Waals surface area contributed by atoms with Crippen molar-refractivity contribution in [2.24, 2.45) is 0 Å². The molecule has 5 nitrogen and oxygen atoms in total. The van der Waals surface area contributed by atoms with Gasteiger partial charge in [0.2, 0.25) is 0 Å². The third-order valence-corrected chi connectivity index (χ3v) is 3.24. The second-order valence-electron chi connectivity index (χ2n) is 4.58. The lowest BCUT2D eigenvalue weighted by atomic mass is 10.0. The van der Waals surface area contributed by atoms with E-state index in [1.54, 1.807) is 0 Å². The van der Waals surface area contributed by atoms with E-state index in [1.807, 2.05) is 30.3 Å². The number of benzene rings is 1. The molecule has 0 saturated carbocycles. The van der Waals surface area contributed by atoms with Gasteiger partial charge in [0.1, 0.15) is 12.6 Å². The van der Waals surface area contributed by atoms with Gasteiger partial charge in [0.05, 0.1) is 0 Å². The number of amides is 1. The van der Waals surface area contributed by atoms with Crippen LogP contribution in [0.1, 0.15) is 24.8 Å². The third kappa shape index (κ3) is 3.47. The maximum Gasteiger partial charge on any atom is 0.408 e. The van der Waals surface area contributed by atoms with Crippen LogP contribution in [0.25, 0.3) is 0 Å². The lowest BCUT2D eigenvalue weighted by Crippen LogP contribution is -2.48. The van der Waals surface area contributed by atoms with Gasteiger partial charge in [-0.2, -0.15) is 0 Å². The minimum Gasteiger partial charge on any atom is -0.465 e. The molecule has 1 atom stereocenters. The average molecular weight is 263 g/mol. The first-order valence-electron chi connectivity index (χ1n) is 6.38. The van der Waals surface area contributed by atoms with Gasteiger partial charge in [-0.3, -0.25) is 4.90 Å². The molecule has 1 heterocycles. The Kier molecular flexibility index (Phi) is 4.39. The standard InChI is InChI=1S/C14H17NO4/c16-13(19-10-11-6-2-1-3-7-11)12-8-4-5-9-15(12)14(17)18/h1-3,6-7,12H,4-5,8-10H2,(H,17,18)/t12-/m0/s1. The molecule has 0 spiro atoms. The van der Waals surface area contributed by atoms with E-state index in [4.69, 9.17) is 9.84 Å². The van der Waals surface area contributed by atoms with Crippen molar-refractivity contribution < 1.29 is 19.4 Å². The number of piperidine rings is 1. The average Bonchev–Trinajstić information content (AvgIpc) is 2.46. The SMILES string of the molecule is O=C(OCc1ccccc1)[C@@H]1CCCCN1C(=O)O. The third-order valence-electron chi connectivity index (χ3n) is 3.24. The summed E-state index contributed by atoms with van der Waals surface area (Å²) in [4.78, 5) is 24.2. The summed E-state index contributed by atoms with van der Waals surface area (Å²) in [7, 11) is 0. The Morgan fingerprint density at radius 3 is 2.68 bits per heavy atom. The van der Waals surface area contributed by atoms with Crippen molar-refractivity contribution in [3.05, 3.63) is 35.9 Å². The summed E-state index contributed by atoms with van der Waals surface area (Å²) in [6.45, 7) is 0.587. The molecule has 1 amide bonds. The molecule has 1 aromatic rings. The molecule has 1 saturated heterocycles. The van der Waals surface area contributed by atoms with Crippen LogP contribution in [0.15, 0.2) is 30.3 Å². The van der Waals surface area contributed by atoms with Crippen LogP contribution in [0.4, 0.5) is 4.79 Å².